The summed E-state index contributed by atoms with van der Waals surface area (Å²) in [6.07, 6.45) is 0. The zero-order valence-corrected chi connectivity index (χ0v) is 9.21. The van der Waals surface area contributed by atoms with Crippen molar-refractivity contribution in [2.75, 3.05) is 0 Å². The molecular formula is H11CaNO10P2Si. The molecule has 0 bridgehead atoms. The maximum atomic E-state index is 9.38. The number of hydrogen-bond acceptors (Lipinski definition) is 8. The van der Waals surface area contributed by atoms with Gasteiger partial charge in [0.2, 0.25) is 0 Å². The Hall–Kier alpha value is 1.29. The molecule has 0 unspecified atom stereocenters. The van der Waals surface area contributed by atoms with Crippen LogP contribution in [0.4, 0.5) is 0 Å². The molecular weight excluding hydrogens is 304 g/mol. The first kappa shape index (κ1) is 25.2. The molecule has 0 rings (SSSR count). The summed E-state index contributed by atoms with van der Waals surface area (Å²) in [5.41, 5.74) is 0. The third kappa shape index (κ3) is 68.3. The Labute approximate surface area is 115 Å². The van der Waals surface area contributed by atoms with Crippen molar-refractivity contribution in [2.45, 2.75) is 0 Å². The van der Waals surface area contributed by atoms with E-state index in [4.69, 9.17) is 33.6 Å². The molecule has 0 aliphatic rings. The SMILES string of the molecule is N.O=P(=O)O[Si](O)(O)O.O=P(O)(O)O.[CaH2]. The third-order valence-electron chi connectivity index (χ3n) is 0.197. The molecule has 0 radical (unpaired) electrons. The fourth-order valence-corrected chi connectivity index (χ4v) is 0.900. The predicted octanol–water partition coefficient (Wildman–Crippen LogP) is -3.18. The predicted molar refractivity (Wildman–Crippen MR) is 49.6 cm³/mol. The molecule has 15 heteroatoms. The van der Waals surface area contributed by atoms with E-state index in [2.05, 4.69) is 4.21 Å². The molecule has 0 spiro atoms. The van der Waals surface area contributed by atoms with E-state index in [0.29, 0.717) is 0 Å². The van der Waals surface area contributed by atoms with Gasteiger partial charge in [-0.25, -0.2) is 17.9 Å². The summed E-state index contributed by atoms with van der Waals surface area (Å²) in [6.45, 7) is 0. The Bertz CT molecular complexity index is 232. The number of phosphoric acid groups is 1. The fraction of sp³-hybridized carbons (Fsp3) is 0. The van der Waals surface area contributed by atoms with Crippen LogP contribution in [0.1, 0.15) is 0 Å². The van der Waals surface area contributed by atoms with Crippen LogP contribution >= 0.6 is 15.7 Å². The Morgan fingerprint density at radius 2 is 1.27 bits per heavy atom. The van der Waals surface area contributed by atoms with Crippen molar-refractivity contribution < 1.29 is 47.0 Å². The van der Waals surface area contributed by atoms with E-state index < -0.39 is 24.8 Å². The van der Waals surface area contributed by atoms with Crippen LogP contribution in [0.5, 0.6) is 0 Å². The molecule has 0 amide bonds. The van der Waals surface area contributed by atoms with Crippen LogP contribution in [0.2, 0.25) is 0 Å². The Morgan fingerprint density at radius 3 is 1.27 bits per heavy atom. The third-order valence-corrected chi connectivity index (χ3v) is 1.77. The molecule has 0 aromatic heterocycles. The first-order valence-corrected chi connectivity index (χ1v) is 6.62. The van der Waals surface area contributed by atoms with Gasteiger partial charge in [-0.3, -0.25) is 0 Å². The summed E-state index contributed by atoms with van der Waals surface area (Å²) < 4.78 is 30.8. The summed E-state index contributed by atoms with van der Waals surface area (Å²) >= 11 is 0. The van der Waals surface area contributed by atoms with Gasteiger partial charge in [0, 0.05) is 0 Å². The molecule has 15 heavy (non-hydrogen) atoms. The van der Waals surface area contributed by atoms with Crippen molar-refractivity contribution in [2.24, 2.45) is 0 Å². The Kier molecular flexibility index (Phi) is 17.5. The van der Waals surface area contributed by atoms with Gasteiger partial charge in [0.1, 0.15) is 0 Å². The summed E-state index contributed by atoms with van der Waals surface area (Å²) in [5.74, 6) is 0. The van der Waals surface area contributed by atoms with Gasteiger partial charge >= 0.3 is 62.5 Å². The summed E-state index contributed by atoms with van der Waals surface area (Å²) in [4.78, 5) is 45.1. The Balaban J connectivity index is -0.0000000770. The molecule has 0 saturated carbocycles. The van der Waals surface area contributed by atoms with Crippen LogP contribution in [0.15, 0.2) is 0 Å². The zero-order chi connectivity index (χ0) is 11.3. The first-order valence-electron chi connectivity index (χ1n) is 2.21. The van der Waals surface area contributed by atoms with Gasteiger partial charge in [0.05, 0.1) is 0 Å². The molecule has 92 valence electrons. The standard InChI is InChI=1S/Ca.H3N.H3O6PSi.H3O4P.2H/c;;1-7(2)6-8(3,4)5;1-5(2,3)4;;/h;1H3;3-5H;(H3,1,2,3,4);;. The van der Waals surface area contributed by atoms with E-state index in [0.717, 1.165) is 0 Å². The molecule has 0 aromatic carbocycles. The molecule has 0 atom stereocenters. The van der Waals surface area contributed by atoms with Crippen LogP contribution in [-0.4, -0.2) is 75.9 Å². The van der Waals surface area contributed by atoms with Gasteiger partial charge in [-0.1, -0.05) is 0 Å². The van der Waals surface area contributed by atoms with Crippen molar-refractivity contribution in [3.63, 3.8) is 0 Å². The van der Waals surface area contributed by atoms with Crippen molar-refractivity contribution in [3.05, 3.63) is 0 Å². The van der Waals surface area contributed by atoms with Gasteiger partial charge in [0.15, 0.2) is 0 Å². The molecule has 11 nitrogen and oxygen atoms in total. The molecule has 0 heterocycles. The quantitative estimate of drug-likeness (QED) is 0.199. The second-order valence-corrected chi connectivity index (χ2v) is 4.75. The van der Waals surface area contributed by atoms with Crippen molar-refractivity contribution in [3.8, 4) is 0 Å². The normalized spacial score (nSPS) is 10.0. The van der Waals surface area contributed by atoms with Gasteiger partial charge in [-0.05, 0) is 0 Å². The van der Waals surface area contributed by atoms with Crippen LogP contribution < -0.4 is 6.15 Å². The van der Waals surface area contributed by atoms with E-state index in [1.165, 1.54) is 0 Å². The topological polar surface area (TPSA) is 217 Å². The maximum absolute atomic E-state index is 9.38. The van der Waals surface area contributed by atoms with Crippen LogP contribution in [0.3, 0.4) is 0 Å². The average Bonchev–Trinajstić information content (AvgIpc) is 1.47. The molecule has 0 aromatic rings. The monoisotopic (exact) mass is 315 g/mol. The van der Waals surface area contributed by atoms with E-state index in [1.54, 1.807) is 0 Å². The molecule has 0 saturated heterocycles. The van der Waals surface area contributed by atoms with Crippen molar-refractivity contribution >= 4 is 62.5 Å². The van der Waals surface area contributed by atoms with Crippen LogP contribution in [0.25, 0.3) is 0 Å². The summed E-state index contributed by atoms with van der Waals surface area (Å²) in [5, 5.41) is 0. The minimum atomic E-state index is -4.82. The average molecular weight is 315 g/mol. The fourth-order valence-electron chi connectivity index (χ4n) is 0.100. The van der Waals surface area contributed by atoms with E-state index in [1.807, 2.05) is 0 Å². The van der Waals surface area contributed by atoms with Gasteiger partial charge in [0.25, 0.3) is 0 Å². The first-order chi connectivity index (χ1) is 5.42. The minimum absolute atomic E-state index is 0. The molecule has 0 fully saturated rings. The number of hydrogen-bond donors (Lipinski definition) is 7. The van der Waals surface area contributed by atoms with Crippen LogP contribution in [-0.2, 0) is 17.9 Å². The zero-order valence-electron chi connectivity index (χ0n) is 6.42. The van der Waals surface area contributed by atoms with E-state index in [-0.39, 0.29) is 43.9 Å². The van der Waals surface area contributed by atoms with E-state index >= 15 is 0 Å². The van der Waals surface area contributed by atoms with Crippen LogP contribution in [0, 0.1) is 0 Å². The van der Waals surface area contributed by atoms with Gasteiger partial charge < -0.3 is 35.2 Å². The van der Waals surface area contributed by atoms with E-state index in [9.17, 15) is 9.13 Å². The molecule has 0 aliphatic carbocycles. The summed E-state index contributed by atoms with van der Waals surface area (Å²) in [6, 6.07) is 0. The van der Waals surface area contributed by atoms with Crippen molar-refractivity contribution in [1.82, 2.24) is 6.15 Å². The molecule has 0 aliphatic heterocycles. The van der Waals surface area contributed by atoms with Gasteiger partial charge in [-0.2, -0.15) is 0 Å². The second-order valence-electron chi connectivity index (χ2n) is 1.40. The summed E-state index contributed by atoms with van der Waals surface area (Å²) in [7, 11) is -12.8. The molecule has 9 N–H and O–H groups in total. The second kappa shape index (κ2) is 10.4. The number of rotatable bonds is 2. The van der Waals surface area contributed by atoms with Crippen molar-refractivity contribution in [1.29, 1.82) is 0 Å². The van der Waals surface area contributed by atoms with Gasteiger partial charge in [-0.15, -0.1) is 0 Å². The Morgan fingerprint density at radius 1 is 1.07 bits per heavy atom.